The van der Waals surface area contributed by atoms with Gasteiger partial charge in [0.05, 0.1) is 350 Å². The molecule has 11 amide bonds. The number of carbonyl (C=O) groups is 16. The SMILES string of the molecule is CCCOCCOCCOCCOCCOCCOCCOCCOCCOCCNC(=O)CCN1C(=O)CCC1=O.COCCOCCOCCC(=O)NC(COCCC(=O)CCCOCCOCCOCCOCCC(=O)ON1C(=O)CCC1=O)(COCCC(=O)CCCOCCOCCOCCOCCC(=O)ON1C(=O)CCC1=O)COCCC(=O)NCCOCCOCCOCCOCCC(=O)ON1C(=O)CCC1=O. The highest BCUT2D eigenvalue weighted by molar-refractivity contribution is 6.04. The monoisotopic (exact) mass is 2150 g/mol. The summed E-state index contributed by atoms with van der Waals surface area (Å²) in [5.74, 6) is -7.22. The van der Waals surface area contributed by atoms with Gasteiger partial charge in [-0.25, -0.2) is 14.4 Å². The van der Waals surface area contributed by atoms with Crippen LogP contribution in [-0.4, -0.2) is 497 Å². The first-order valence-corrected chi connectivity index (χ1v) is 51.1. The van der Waals surface area contributed by atoms with Crippen molar-refractivity contribution in [3.8, 4) is 0 Å². The lowest BCUT2D eigenvalue weighted by Crippen LogP contribution is -2.59. The molecular formula is C96H163N7O46. The Morgan fingerprint density at radius 2 is 0.443 bits per heavy atom. The molecule has 0 aromatic rings. The average molecular weight is 2150 g/mol. The number of imide groups is 4. The molecule has 0 saturated carbocycles. The molecule has 4 saturated heterocycles. The standard InChI is InChI=1S/C68H111N5O34.C28H52N2O12/c1-87-30-31-95-41-34-90-24-15-58(77)70-68(52-102-22-12-55(74)4-2-20-88-32-39-96-46-48-98-42-35-91-26-16-65(84)105-71-59(78)6-7-60(71)79,53-103-23-13-56(75)5-3-21-89-33-40-97-47-49-99-43-36-92-27-17-66(85)106-72-61(80)8-9-62(72)81)54-104-25-14-57(76)69-19-29-94-38-45-101-51-50-100-44-37-93-28-18-67(86)107-73-63(82)10-11-64(73)83;1-2-8-34-10-12-36-14-16-38-18-20-40-22-24-42-25-23-41-21-19-39-17-15-37-13-11-35-9-6-29-26(31)5-7-30-27(32)3-4-28(30)33/h2-54H2,1H3,(H,69,76)(H,70,77);2-25H2,1H3,(H,29,31). The molecule has 0 aliphatic carbocycles. The van der Waals surface area contributed by atoms with Crippen molar-refractivity contribution in [2.45, 2.75) is 147 Å². The number of ether oxygens (including phenoxy) is 27. The van der Waals surface area contributed by atoms with Crippen molar-refractivity contribution in [1.29, 1.82) is 0 Å². The normalized spacial score (nSPS) is 13.8. The molecule has 0 unspecified atom stereocenters. The zero-order chi connectivity index (χ0) is 108. The molecule has 4 heterocycles. The van der Waals surface area contributed by atoms with Crippen molar-refractivity contribution >= 4 is 94.5 Å². The molecule has 0 bridgehead atoms. The van der Waals surface area contributed by atoms with Crippen molar-refractivity contribution in [2.75, 3.05) is 377 Å². The van der Waals surface area contributed by atoms with Crippen LogP contribution in [0, 0.1) is 0 Å². The summed E-state index contributed by atoms with van der Waals surface area (Å²) in [4.78, 5) is 208. The third-order valence-electron chi connectivity index (χ3n) is 20.3. The third-order valence-corrected chi connectivity index (χ3v) is 20.3. The van der Waals surface area contributed by atoms with E-state index in [1.807, 2.05) is 0 Å². The molecule has 0 aromatic heterocycles. The molecule has 0 radical (unpaired) electrons. The van der Waals surface area contributed by atoms with E-state index >= 15 is 0 Å². The molecular weight excluding hydrogens is 1990 g/mol. The number of nitrogens with zero attached hydrogens (tertiary/aromatic N) is 4. The molecule has 4 aliphatic heterocycles. The van der Waals surface area contributed by atoms with Crippen LogP contribution in [0.4, 0.5) is 0 Å². The maximum Gasteiger partial charge on any atom is 0.335 e. The van der Waals surface area contributed by atoms with Gasteiger partial charge in [0.15, 0.2) is 0 Å². The van der Waals surface area contributed by atoms with E-state index in [0.717, 1.165) is 17.9 Å². The quantitative estimate of drug-likeness (QED) is 0.0502. The van der Waals surface area contributed by atoms with Gasteiger partial charge in [0.2, 0.25) is 29.5 Å². The van der Waals surface area contributed by atoms with Gasteiger partial charge in [-0.05, 0) is 19.3 Å². The van der Waals surface area contributed by atoms with E-state index in [4.69, 9.17) is 142 Å². The van der Waals surface area contributed by atoms with Gasteiger partial charge in [0.25, 0.3) is 35.4 Å². The number of rotatable bonds is 107. The van der Waals surface area contributed by atoms with Crippen molar-refractivity contribution < 1.29 is 219 Å². The van der Waals surface area contributed by atoms with Gasteiger partial charge in [-0.15, -0.1) is 15.2 Å². The summed E-state index contributed by atoms with van der Waals surface area (Å²) in [7, 11) is 1.56. The summed E-state index contributed by atoms with van der Waals surface area (Å²) in [6, 6.07) is 0. The molecule has 3 N–H and O–H groups in total. The van der Waals surface area contributed by atoms with Crippen LogP contribution < -0.4 is 16.0 Å². The highest BCUT2D eigenvalue weighted by Gasteiger charge is 2.38. The lowest BCUT2D eigenvalue weighted by molar-refractivity contribution is -0.198. The molecule has 0 aromatic carbocycles. The smallest absolute Gasteiger partial charge is 0.335 e. The first-order valence-electron chi connectivity index (χ1n) is 51.1. The number of nitrogens with one attached hydrogen (secondary N) is 3. The minimum Gasteiger partial charge on any atom is -0.382 e. The van der Waals surface area contributed by atoms with E-state index in [9.17, 15) is 76.7 Å². The number of ketones is 2. The molecule has 4 fully saturated rings. The topological polar surface area (TPSA) is 599 Å². The summed E-state index contributed by atoms with van der Waals surface area (Å²) in [5.41, 5.74) is -1.36. The lowest BCUT2D eigenvalue weighted by atomic mass is 10.0. The van der Waals surface area contributed by atoms with Crippen molar-refractivity contribution in [2.24, 2.45) is 0 Å². The van der Waals surface area contributed by atoms with Gasteiger partial charge in [-0.3, -0.25) is 67.2 Å². The van der Waals surface area contributed by atoms with Gasteiger partial charge < -0.3 is 158 Å². The molecule has 4 rings (SSSR count). The maximum absolute atomic E-state index is 13.6. The molecule has 0 atom stereocenters. The molecule has 0 spiro atoms. The third kappa shape index (κ3) is 77.6. The largest absolute Gasteiger partial charge is 0.382 e. The molecule has 53 nitrogen and oxygen atoms in total. The van der Waals surface area contributed by atoms with Gasteiger partial charge in [-0.1, -0.05) is 6.92 Å². The number of Topliss-reactive ketones (excluding diaryl/α,β-unsaturated/α-hetero) is 2. The van der Waals surface area contributed by atoms with Crippen LogP contribution in [0.25, 0.3) is 0 Å². The second-order valence-corrected chi connectivity index (χ2v) is 32.6. The predicted molar refractivity (Wildman–Crippen MR) is 513 cm³/mol. The van der Waals surface area contributed by atoms with E-state index in [-0.39, 0.29) is 355 Å². The molecule has 4 aliphatic rings. The van der Waals surface area contributed by atoms with E-state index < -0.39 is 64.8 Å². The van der Waals surface area contributed by atoms with Crippen LogP contribution in [0.2, 0.25) is 0 Å². The minimum atomic E-state index is -1.36. The number of likely N-dealkylation sites (tertiary alicyclic amines) is 1. The number of hydrogen-bond donors (Lipinski definition) is 3. The number of carbonyl (C=O) groups excluding carboxylic acids is 16. The van der Waals surface area contributed by atoms with E-state index in [0.29, 0.717) is 187 Å². The Hall–Kier alpha value is -8.36. The number of amides is 11. The highest BCUT2D eigenvalue weighted by atomic mass is 16.7. The minimum absolute atomic E-state index is 0.00649. The van der Waals surface area contributed by atoms with Crippen molar-refractivity contribution in [3.05, 3.63) is 0 Å². The zero-order valence-corrected chi connectivity index (χ0v) is 87.0. The zero-order valence-electron chi connectivity index (χ0n) is 87.0. The van der Waals surface area contributed by atoms with Crippen LogP contribution in [0.5, 0.6) is 0 Å². The van der Waals surface area contributed by atoms with Crippen LogP contribution >= 0.6 is 0 Å². The summed E-state index contributed by atoms with van der Waals surface area (Å²) in [6.45, 7) is 18.1. The fourth-order valence-corrected chi connectivity index (χ4v) is 12.5. The Balaban J connectivity index is 0.00000113. The van der Waals surface area contributed by atoms with E-state index in [1.165, 1.54) is 0 Å². The Labute approximate surface area is 870 Å². The Morgan fingerprint density at radius 1 is 0.228 bits per heavy atom. The number of hydrogen-bond acceptors (Lipinski definition) is 46. The lowest BCUT2D eigenvalue weighted by Gasteiger charge is -2.34. The second-order valence-electron chi connectivity index (χ2n) is 32.6. The van der Waals surface area contributed by atoms with Crippen LogP contribution in [0.3, 0.4) is 0 Å². The second kappa shape index (κ2) is 95.5. The Morgan fingerprint density at radius 3 is 0.718 bits per heavy atom. The fraction of sp³-hybridized carbons (Fsp3) is 0.833. The van der Waals surface area contributed by atoms with E-state index in [2.05, 4.69) is 22.9 Å². The van der Waals surface area contributed by atoms with Gasteiger partial charge in [-0.2, -0.15) is 0 Å². The average Bonchev–Trinajstić information content (AvgIpc) is 1.74. The van der Waals surface area contributed by atoms with Crippen LogP contribution in [-0.2, 0) is 219 Å². The predicted octanol–water partition coefficient (Wildman–Crippen LogP) is -0.662. The Bertz CT molecular complexity index is 3300. The summed E-state index contributed by atoms with van der Waals surface area (Å²) in [5, 5.41) is 9.90. The maximum atomic E-state index is 13.6. The van der Waals surface area contributed by atoms with Crippen LogP contribution in [0.15, 0.2) is 0 Å². The summed E-state index contributed by atoms with van der Waals surface area (Å²) < 4.78 is 149. The van der Waals surface area contributed by atoms with E-state index in [1.54, 1.807) is 7.11 Å². The summed E-state index contributed by atoms with van der Waals surface area (Å²) >= 11 is 0. The number of hydroxylamine groups is 6. The first kappa shape index (κ1) is 135. The van der Waals surface area contributed by atoms with Crippen molar-refractivity contribution in [1.82, 2.24) is 36.0 Å². The summed E-state index contributed by atoms with van der Waals surface area (Å²) in [6.07, 6.45) is 2.45. The van der Waals surface area contributed by atoms with Gasteiger partial charge in [0.1, 0.15) is 17.1 Å². The Kier molecular flexibility index (Phi) is 86.4. The first-order chi connectivity index (χ1) is 72.7. The van der Waals surface area contributed by atoms with Gasteiger partial charge in [0, 0.05) is 143 Å². The van der Waals surface area contributed by atoms with Gasteiger partial charge >= 0.3 is 17.9 Å². The van der Waals surface area contributed by atoms with Crippen LogP contribution in [0.1, 0.15) is 142 Å². The molecule has 858 valence electrons. The molecule has 149 heavy (non-hydrogen) atoms. The van der Waals surface area contributed by atoms with Crippen molar-refractivity contribution in [3.63, 3.8) is 0 Å². The fourth-order valence-electron chi connectivity index (χ4n) is 12.5. The highest BCUT2D eigenvalue weighted by Crippen LogP contribution is 2.18. The number of methoxy groups -OCH3 is 1. The molecule has 53 heteroatoms.